The van der Waals surface area contributed by atoms with Gasteiger partial charge in [0.05, 0.1) is 12.0 Å². The third-order valence-electron chi connectivity index (χ3n) is 4.57. The van der Waals surface area contributed by atoms with E-state index in [9.17, 15) is 5.26 Å². The van der Waals surface area contributed by atoms with Crippen molar-refractivity contribution in [2.45, 2.75) is 45.6 Å². The van der Waals surface area contributed by atoms with Crippen LogP contribution in [0.2, 0.25) is 0 Å². The van der Waals surface area contributed by atoms with Crippen molar-refractivity contribution >= 4 is 0 Å². The molecule has 1 aromatic heterocycles. The first kappa shape index (κ1) is 18.7. The van der Waals surface area contributed by atoms with E-state index in [0.29, 0.717) is 12.5 Å². The van der Waals surface area contributed by atoms with Gasteiger partial charge in [-0.25, -0.2) is 4.98 Å². The molecule has 0 amide bonds. The number of oxazole rings is 1. The van der Waals surface area contributed by atoms with E-state index in [1.807, 2.05) is 61.5 Å². The number of nitrogens with zero attached hydrogens (tertiary/aromatic N) is 2. The molecule has 0 aliphatic carbocycles. The van der Waals surface area contributed by atoms with E-state index in [0.717, 1.165) is 47.6 Å². The summed E-state index contributed by atoms with van der Waals surface area (Å²) in [6.07, 6.45) is 3.06. The van der Waals surface area contributed by atoms with Crippen molar-refractivity contribution in [2.24, 2.45) is 0 Å². The lowest BCUT2D eigenvalue weighted by Crippen LogP contribution is -1.99. The molecule has 27 heavy (non-hydrogen) atoms. The number of rotatable bonds is 8. The highest BCUT2D eigenvalue weighted by atomic mass is 16.5. The SMILES string of the molecule is CCCCC(C#N)c1ccc(OCc2nc(-c3ccccc3)oc2C)cc1. The fourth-order valence-electron chi connectivity index (χ4n) is 2.93. The van der Waals surface area contributed by atoms with Crippen LogP contribution in [-0.4, -0.2) is 4.98 Å². The first-order valence-electron chi connectivity index (χ1n) is 9.35. The first-order valence-corrected chi connectivity index (χ1v) is 9.35. The van der Waals surface area contributed by atoms with Crippen LogP contribution < -0.4 is 4.74 Å². The Morgan fingerprint density at radius 1 is 1.11 bits per heavy atom. The van der Waals surface area contributed by atoms with Crippen LogP contribution in [0.25, 0.3) is 11.5 Å². The van der Waals surface area contributed by atoms with Gasteiger partial charge in [-0.1, -0.05) is 50.1 Å². The average molecular weight is 360 g/mol. The zero-order valence-corrected chi connectivity index (χ0v) is 15.8. The van der Waals surface area contributed by atoms with Crippen LogP contribution in [0.15, 0.2) is 59.0 Å². The van der Waals surface area contributed by atoms with Gasteiger partial charge in [-0.3, -0.25) is 0 Å². The molecule has 4 nitrogen and oxygen atoms in total. The van der Waals surface area contributed by atoms with Crippen LogP contribution >= 0.6 is 0 Å². The predicted molar refractivity (Wildman–Crippen MR) is 105 cm³/mol. The molecule has 0 saturated carbocycles. The van der Waals surface area contributed by atoms with Crippen LogP contribution in [0.5, 0.6) is 5.75 Å². The predicted octanol–water partition coefficient (Wildman–Crippen LogP) is 6.03. The number of aryl methyl sites for hydroxylation is 1. The third kappa shape index (κ3) is 4.77. The van der Waals surface area contributed by atoms with E-state index in [4.69, 9.17) is 9.15 Å². The maximum absolute atomic E-state index is 9.35. The monoisotopic (exact) mass is 360 g/mol. The van der Waals surface area contributed by atoms with E-state index in [1.54, 1.807) is 0 Å². The molecule has 3 aromatic rings. The Labute approximate surface area is 160 Å². The Kier molecular flexibility index (Phi) is 6.27. The fourth-order valence-corrected chi connectivity index (χ4v) is 2.93. The van der Waals surface area contributed by atoms with E-state index in [-0.39, 0.29) is 5.92 Å². The second-order valence-corrected chi connectivity index (χ2v) is 6.57. The first-order chi connectivity index (χ1) is 13.2. The van der Waals surface area contributed by atoms with Gasteiger partial charge in [0.25, 0.3) is 0 Å². The van der Waals surface area contributed by atoms with Crippen LogP contribution in [0.4, 0.5) is 0 Å². The zero-order valence-electron chi connectivity index (χ0n) is 15.8. The van der Waals surface area contributed by atoms with E-state index in [2.05, 4.69) is 18.0 Å². The quantitative estimate of drug-likeness (QED) is 0.492. The standard InChI is InChI=1S/C23H24N2O2/c1-3-4-8-20(15-24)18-11-13-21(14-12-18)26-16-22-17(2)27-23(25-22)19-9-6-5-7-10-19/h5-7,9-14,20H,3-4,8,16H2,1-2H3. The zero-order chi connectivity index (χ0) is 19.1. The number of benzene rings is 2. The lowest BCUT2D eigenvalue weighted by molar-refractivity contribution is 0.299. The summed E-state index contributed by atoms with van der Waals surface area (Å²) in [7, 11) is 0. The highest BCUT2D eigenvalue weighted by Crippen LogP contribution is 2.25. The molecule has 2 aromatic carbocycles. The average Bonchev–Trinajstić information content (AvgIpc) is 3.09. The molecular formula is C23H24N2O2. The van der Waals surface area contributed by atoms with Crippen LogP contribution in [0.3, 0.4) is 0 Å². The molecule has 0 spiro atoms. The molecule has 0 saturated heterocycles. The van der Waals surface area contributed by atoms with Crippen molar-refractivity contribution in [3.05, 3.63) is 71.6 Å². The van der Waals surface area contributed by atoms with Crippen molar-refractivity contribution < 1.29 is 9.15 Å². The number of unbranched alkanes of at least 4 members (excludes halogenated alkanes) is 1. The Morgan fingerprint density at radius 2 is 1.85 bits per heavy atom. The van der Waals surface area contributed by atoms with Gasteiger partial charge >= 0.3 is 0 Å². The van der Waals surface area contributed by atoms with Gasteiger partial charge in [-0.2, -0.15) is 5.26 Å². The smallest absolute Gasteiger partial charge is 0.226 e. The molecule has 1 unspecified atom stereocenters. The summed E-state index contributed by atoms with van der Waals surface area (Å²) >= 11 is 0. The highest BCUT2D eigenvalue weighted by Gasteiger charge is 2.13. The Hall–Kier alpha value is -3.06. The van der Waals surface area contributed by atoms with Crippen molar-refractivity contribution in [1.82, 2.24) is 4.98 Å². The summed E-state index contributed by atoms with van der Waals surface area (Å²) in [5.41, 5.74) is 2.78. The van der Waals surface area contributed by atoms with Crippen molar-refractivity contribution in [3.8, 4) is 23.3 Å². The molecule has 0 fully saturated rings. The maximum atomic E-state index is 9.35. The molecule has 0 radical (unpaired) electrons. The summed E-state index contributed by atoms with van der Waals surface area (Å²) in [6.45, 7) is 4.38. The van der Waals surface area contributed by atoms with Crippen molar-refractivity contribution in [3.63, 3.8) is 0 Å². The molecule has 0 bridgehead atoms. The summed E-state index contributed by atoms with van der Waals surface area (Å²) in [5.74, 6) is 2.07. The molecule has 0 aliphatic rings. The summed E-state index contributed by atoms with van der Waals surface area (Å²) in [4.78, 5) is 4.55. The number of aromatic nitrogens is 1. The molecule has 0 aliphatic heterocycles. The van der Waals surface area contributed by atoms with Gasteiger partial charge in [0.1, 0.15) is 23.8 Å². The van der Waals surface area contributed by atoms with E-state index < -0.39 is 0 Å². The molecule has 0 N–H and O–H groups in total. The molecule has 3 rings (SSSR count). The largest absolute Gasteiger partial charge is 0.487 e. The number of nitriles is 1. The molecular weight excluding hydrogens is 336 g/mol. The van der Waals surface area contributed by atoms with Crippen LogP contribution in [0, 0.1) is 18.3 Å². The normalized spacial score (nSPS) is 11.7. The Bertz CT molecular complexity index is 892. The van der Waals surface area contributed by atoms with Gasteiger partial charge in [0.2, 0.25) is 5.89 Å². The number of ether oxygens (including phenoxy) is 1. The van der Waals surface area contributed by atoms with Gasteiger partial charge in [0.15, 0.2) is 0 Å². The van der Waals surface area contributed by atoms with E-state index in [1.165, 1.54) is 0 Å². The van der Waals surface area contributed by atoms with E-state index >= 15 is 0 Å². The van der Waals surface area contributed by atoms with Crippen molar-refractivity contribution in [1.29, 1.82) is 5.26 Å². The van der Waals surface area contributed by atoms with Gasteiger partial charge < -0.3 is 9.15 Å². The topological polar surface area (TPSA) is 59.0 Å². The maximum Gasteiger partial charge on any atom is 0.226 e. The van der Waals surface area contributed by atoms with Gasteiger partial charge in [0, 0.05) is 5.56 Å². The molecule has 4 heteroatoms. The van der Waals surface area contributed by atoms with Gasteiger partial charge in [-0.15, -0.1) is 0 Å². The fraction of sp³-hybridized carbons (Fsp3) is 0.304. The lowest BCUT2D eigenvalue weighted by Gasteiger charge is -2.10. The number of hydrogen-bond donors (Lipinski definition) is 0. The minimum Gasteiger partial charge on any atom is -0.487 e. The summed E-state index contributed by atoms with van der Waals surface area (Å²) in [5, 5.41) is 9.35. The van der Waals surface area contributed by atoms with Crippen LogP contribution in [0.1, 0.15) is 49.1 Å². The summed E-state index contributed by atoms with van der Waals surface area (Å²) in [6, 6.07) is 20.0. The number of hydrogen-bond acceptors (Lipinski definition) is 4. The Morgan fingerprint density at radius 3 is 2.52 bits per heavy atom. The Balaban J connectivity index is 1.64. The lowest BCUT2D eigenvalue weighted by atomic mass is 9.95. The molecule has 1 heterocycles. The van der Waals surface area contributed by atoms with Crippen molar-refractivity contribution in [2.75, 3.05) is 0 Å². The highest BCUT2D eigenvalue weighted by molar-refractivity contribution is 5.53. The second-order valence-electron chi connectivity index (χ2n) is 6.57. The third-order valence-corrected chi connectivity index (χ3v) is 4.57. The second kappa shape index (κ2) is 9.05. The minimum atomic E-state index is -0.0507. The minimum absolute atomic E-state index is 0.0507. The molecule has 1 atom stereocenters. The molecule has 138 valence electrons. The summed E-state index contributed by atoms with van der Waals surface area (Å²) < 4.78 is 11.6. The van der Waals surface area contributed by atoms with Gasteiger partial charge in [-0.05, 0) is 43.2 Å². The van der Waals surface area contributed by atoms with Crippen LogP contribution in [-0.2, 0) is 6.61 Å².